The maximum absolute atomic E-state index is 11.6. The van der Waals surface area contributed by atoms with Gasteiger partial charge in [0, 0.05) is 19.0 Å². The van der Waals surface area contributed by atoms with Crippen LogP contribution in [-0.2, 0) is 9.63 Å². The van der Waals surface area contributed by atoms with Crippen LogP contribution in [0.25, 0.3) is 0 Å². The van der Waals surface area contributed by atoms with Crippen molar-refractivity contribution < 1.29 is 9.63 Å². The van der Waals surface area contributed by atoms with E-state index in [1.165, 1.54) is 12.8 Å². The molecule has 0 radical (unpaired) electrons. The lowest BCUT2D eigenvalue weighted by molar-refractivity contribution is -0.129. The van der Waals surface area contributed by atoms with Crippen molar-refractivity contribution in [3.8, 4) is 0 Å². The van der Waals surface area contributed by atoms with Crippen LogP contribution in [0.4, 0.5) is 0 Å². The highest BCUT2D eigenvalue weighted by Crippen LogP contribution is 2.32. The highest BCUT2D eigenvalue weighted by Gasteiger charge is 2.30. The second-order valence-corrected chi connectivity index (χ2v) is 5.47. The lowest BCUT2D eigenvalue weighted by Crippen LogP contribution is -2.37. The molecule has 6 heteroatoms. The zero-order valence-electron chi connectivity index (χ0n) is 12.3. The second kappa shape index (κ2) is 6.83. The topological polar surface area (TPSA) is 80.3 Å². The fourth-order valence-corrected chi connectivity index (χ4v) is 2.23. The molecule has 0 aromatic rings. The number of oxime groups is 1. The summed E-state index contributed by atoms with van der Waals surface area (Å²) in [6.45, 7) is 6.04. The zero-order chi connectivity index (χ0) is 14.5. The van der Waals surface area contributed by atoms with Gasteiger partial charge in [-0.25, -0.2) is 4.99 Å². The molecule has 2 aliphatic rings. The molecule has 1 aliphatic heterocycles. The lowest BCUT2D eigenvalue weighted by Gasteiger charge is -2.23. The number of amidine groups is 1. The third-order valence-electron chi connectivity index (χ3n) is 3.88. The smallest absolute Gasteiger partial charge is 0.236 e. The minimum Gasteiger partial charge on any atom is -0.388 e. The molecule has 0 spiro atoms. The summed E-state index contributed by atoms with van der Waals surface area (Å²) in [7, 11) is 0. The van der Waals surface area contributed by atoms with Crippen LogP contribution in [-0.4, -0.2) is 48.6 Å². The van der Waals surface area contributed by atoms with E-state index in [0.717, 1.165) is 18.0 Å². The van der Waals surface area contributed by atoms with Crippen molar-refractivity contribution in [2.75, 3.05) is 26.2 Å². The predicted octanol–water partition coefficient (Wildman–Crippen LogP) is 1.01. The number of aliphatic imine (C=N–C) groups is 1. The zero-order valence-corrected chi connectivity index (χ0v) is 12.3. The van der Waals surface area contributed by atoms with Crippen LogP contribution >= 0.6 is 0 Å². The summed E-state index contributed by atoms with van der Waals surface area (Å²) < 4.78 is 0. The van der Waals surface area contributed by atoms with Crippen LogP contribution < -0.4 is 5.73 Å². The van der Waals surface area contributed by atoms with E-state index in [1.807, 2.05) is 6.92 Å². The number of hydrogen-bond acceptors (Lipinski definition) is 5. The molecule has 1 heterocycles. The first-order valence-electron chi connectivity index (χ1n) is 7.40. The van der Waals surface area contributed by atoms with E-state index < -0.39 is 0 Å². The van der Waals surface area contributed by atoms with Gasteiger partial charge in [0.25, 0.3) is 0 Å². The standard InChI is InChI=1S/C14H24N4O2/c1-3-18(13(19)8-15)7-6-10(2)12-9-20-17-14(16-12)11-4-5-11/h10-11H,3-9,15H2,1-2H3. The molecule has 1 atom stereocenters. The van der Waals surface area contributed by atoms with Crippen molar-refractivity contribution in [2.45, 2.75) is 33.1 Å². The molecule has 0 saturated heterocycles. The molecule has 112 valence electrons. The molecule has 0 bridgehead atoms. The number of carbonyl (C=O) groups excluding carboxylic acids is 1. The second-order valence-electron chi connectivity index (χ2n) is 5.47. The van der Waals surface area contributed by atoms with Gasteiger partial charge in [0.1, 0.15) is 0 Å². The van der Waals surface area contributed by atoms with Crippen molar-refractivity contribution >= 4 is 17.5 Å². The number of likely N-dealkylation sites (N-methyl/N-ethyl adjacent to an activating group) is 1. The highest BCUT2D eigenvalue weighted by molar-refractivity contribution is 6.02. The summed E-state index contributed by atoms with van der Waals surface area (Å²) in [6.07, 6.45) is 3.21. The van der Waals surface area contributed by atoms with Crippen LogP contribution in [0.2, 0.25) is 0 Å². The maximum Gasteiger partial charge on any atom is 0.236 e. The first-order valence-corrected chi connectivity index (χ1v) is 7.40. The molecule has 1 unspecified atom stereocenters. The molecule has 1 amide bonds. The lowest BCUT2D eigenvalue weighted by atomic mass is 10.0. The van der Waals surface area contributed by atoms with Crippen molar-refractivity contribution in [3.05, 3.63) is 0 Å². The molecular weight excluding hydrogens is 256 g/mol. The van der Waals surface area contributed by atoms with E-state index in [4.69, 9.17) is 10.6 Å². The average molecular weight is 280 g/mol. The van der Waals surface area contributed by atoms with Gasteiger partial charge in [0.2, 0.25) is 5.91 Å². The Morgan fingerprint density at radius 3 is 2.90 bits per heavy atom. The molecule has 2 rings (SSSR count). The number of rotatable bonds is 7. The summed E-state index contributed by atoms with van der Waals surface area (Å²) in [5, 5.41) is 4.03. The summed E-state index contributed by atoms with van der Waals surface area (Å²) in [5.74, 6) is 1.65. The van der Waals surface area contributed by atoms with E-state index >= 15 is 0 Å². The first-order chi connectivity index (χ1) is 9.65. The molecule has 1 fully saturated rings. The maximum atomic E-state index is 11.6. The van der Waals surface area contributed by atoms with Crippen molar-refractivity contribution in [1.82, 2.24) is 4.90 Å². The van der Waals surface area contributed by atoms with Crippen molar-refractivity contribution in [3.63, 3.8) is 0 Å². The monoisotopic (exact) mass is 280 g/mol. The molecule has 0 aromatic heterocycles. The van der Waals surface area contributed by atoms with Gasteiger partial charge in [0.15, 0.2) is 12.4 Å². The van der Waals surface area contributed by atoms with Crippen molar-refractivity contribution in [1.29, 1.82) is 0 Å². The minimum atomic E-state index is 0.00163. The van der Waals surface area contributed by atoms with Crippen LogP contribution in [0, 0.1) is 11.8 Å². The number of nitrogens with two attached hydrogens (primary N) is 1. The fourth-order valence-electron chi connectivity index (χ4n) is 2.23. The summed E-state index contributed by atoms with van der Waals surface area (Å²) in [6, 6.07) is 0. The normalized spacial score (nSPS) is 19.8. The van der Waals surface area contributed by atoms with Gasteiger partial charge in [-0.1, -0.05) is 12.1 Å². The Labute approximate surface area is 120 Å². The molecule has 20 heavy (non-hydrogen) atoms. The summed E-state index contributed by atoms with van der Waals surface area (Å²) in [4.78, 5) is 23.3. The Kier molecular flexibility index (Phi) is 5.11. The largest absolute Gasteiger partial charge is 0.388 e. The average Bonchev–Trinajstić information content (AvgIpc) is 3.32. The van der Waals surface area contributed by atoms with Crippen molar-refractivity contribution in [2.24, 2.45) is 27.7 Å². The quantitative estimate of drug-likeness (QED) is 0.756. The Balaban J connectivity index is 1.86. The number of nitrogens with zero attached hydrogens (tertiary/aromatic N) is 3. The van der Waals surface area contributed by atoms with Crippen LogP contribution in [0.15, 0.2) is 10.1 Å². The van der Waals surface area contributed by atoms with E-state index in [9.17, 15) is 4.79 Å². The molecule has 0 aromatic carbocycles. The number of hydrogen-bond donors (Lipinski definition) is 1. The molecular formula is C14H24N4O2. The van der Waals surface area contributed by atoms with Crippen LogP contribution in [0.1, 0.15) is 33.1 Å². The first kappa shape index (κ1) is 15.0. The summed E-state index contributed by atoms with van der Waals surface area (Å²) >= 11 is 0. The van der Waals surface area contributed by atoms with E-state index in [1.54, 1.807) is 4.90 Å². The molecule has 1 aliphatic carbocycles. The Morgan fingerprint density at radius 1 is 1.55 bits per heavy atom. The summed E-state index contributed by atoms with van der Waals surface area (Å²) in [5.41, 5.74) is 6.45. The van der Waals surface area contributed by atoms with E-state index in [-0.39, 0.29) is 12.5 Å². The SMILES string of the molecule is CCN(CCC(C)C1=NC(C2CC2)=NOC1)C(=O)CN. The fraction of sp³-hybridized carbons (Fsp3) is 0.786. The van der Waals surface area contributed by atoms with Gasteiger partial charge < -0.3 is 15.5 Å². The molecule has 2 N–H and O–H groups in total. The van der Waals surface area contributed by atoms with Gasteiger partial charge in [-0.3, -0.25) is 4.79 Å². The van der Waals surface area contributed by atoms with Gasteiger partial charge in [-0.15, -0.1) is 0 Å². The van der Waals surface area contributed by atoms with Gasteiger partial charge in [-0.2, -0.15) is 0 Å². The third-order valence-corrected chi connectivity index (χ3v) is 3.88. The Hall–Kier alpha value is -1.43. The van der Waals surface area contributed by atoms with Gasteiger partial charge in [0.05, 0.1) is 12.3 Å². The van der Waals surface area contributed by atoms with E-state index in [0.29, 0.717) is 31.5 Å². The number of carbonyl (C=O) groups is 1. The van der Waals surface area contributed by atoms with Gasteiger partial charge in [-0.05, 0) is 32.1 Å². The molecule has 1 saturated carbocycles. The van der Waals surface area contributed by atoms with Gasteiger partial charge >= 0.3 is 0 Å². The number of amides is 1. The van der Waals surface area contributed by atoms with E-state index in [2.05, 4.69) is 17.1 Å². The Bertz CT molecular complexity index is 415. The van der Waals surface area contributed by atoms with Crippen LogP contribution in [0.5, 0.6) is 0 Å². The Morgan fingerprint density at radius 2 is 2.30 bits per heavy atom. The highest BCUT2D eigenvalue weighted by atomic mass is 16.6. The van der Waals surface area contributed by atoms with Crippen LogP contribution in [0.3, 0.4) is 0 Å². The molecule has 6 nitrogen and oxygen atoms in total. The predicted molar refractivity (Wildman–Crippen MR) is 78.6 cm³/mol. The minimum absolute atomic E-state index is 0.00163. The third kappa shape index (κ3) is 3.79.